The molecule has 0 radical (unpaired) electrons. The second kappa shape index (κ2) is 8.06. The van der Waals surface area contributed by atoms with Crippen molar-refractivity contribution in [3.8, 4) is 0 Å². The number of benzene rings is 2. The van der Waals surface area contributed by atoms with Crippen molar-refractivity contribution < 1.29 is 23.9 Å². The smallest absolute Gasteiger partial charge is 0.269 e. The summed E-state index contributed by atoms with van der Waals surface area (Å²) in [6.07, 6.45) is 3.37. The number of nitro groups is 1. The summed E-state index contributed by atoms with van der Waals surface area (Å²) in [5, 5.41) is 10.8. The molecule has 3 aromatic rings. The number of hydrogen-bond donors (Lipinski definition) is 0. The number of hydrogen-bond acceptors (Lipinski definition) is 5. The number of fused-ring (bicyclic) bond motifs is 2. The first-order chi connectivity index (χ1) is 14.9. The molecular weight excluding hydrogens is 398 g/mol. The van der Waals surface area contributed by atoms with E-state index in [2.05, 4.69) is 0 Å². The molecular formula is C23H20N3O5+. The topological polar surface area (TPSA) is 103 Å². The minimum absolute atomic E-state index is 0.107. The van der Waals surface area contributed by atoms with Gasteiger partial charge in [0.15, 0.2) is 6.54 Å². The Morgan fingerprint density at radius 3 is 2.29 bits per heavy atom. The van der Waals surface area contributed by atoms with Crippen molar-refractivity contribution >= 4 is 23.0 Å². The molecule has 1 aliphatic rings. The predicted octanol–water partition coefficient (Wildman–Crippen LogP) is 3.14. The van der Waals surface area contributed by atoms with Gasteiger partial charge >= 0.3 is 0 Å². The number of nitro benzene ring substituents is 1. The van der Waals surface area contributed by atoms with Crippen LogP contribution in [0, 0.1) is 10.1 Å². The zero-order chi connectivity index (χ0) is 22.1. The summed E-state index contributed by atoms with van der Waals surface area (Å²) in [6, 6.07) is 12.0. The highest BCUT2D eigenvalue weighted by atomic mass is 16.6. The number of non-ortho nitro benzene ring substituents is 1. The molecule has 0 saturated heterocycles. The maximum absolute atomic E-state index is 13.2. The van der Waals surface area contributed by atoms with E-state index in [1.54, 1.807) is 35.2 Å². The summed E-state index contributed by atoms with van der Waals surface area (Å²) < 4.78 is 3.27. The summed E-state index contributed by atoms with van der Waals surface area (Å²) in [7, 11) is 0. The molecule has 0 bridgehead atoms. The molecule has 156 valence electrons. The van der Waals surface area contributed by atoms with E-state index in [4.69, 9.17) is 0 Å². The van der Waals surface area contributed by atoms with Crippen LogP contribution in [0.25, 0.3) is 0 Å². The Labute approximate surface area is 177 Å². The Morgan fingerprint density at radius 1 is 1.03 bits per heavy atom. The van der Waals surface area contributed by atoms with Gasteiger partial charge in [-0.1, -0.05) is 37.6 Å². The van der Waals surface area contributed by atoms with Gasteiger partial charge in [-0.2, -0.15) is 0 Å². The molecule has 8 heteroatoms. The fraction of sp³-hybridized carbons (Fsp3) is 0.217. The number of Topliss-reactive ketones (excluding diaryl/α,β-unsaturated/α-hetero) is 1. The molecule has 1 heterocycles. The van der Waals surface area contributed by atoms with Gasteiger partial charge in [0.1, 0.15) is 0 Å². The Balaban J connectivity index is 1.74. The number of carbonyl (C=O) groups is 3. The third-order valence-corrected chi connectivity index (χ3v) is 5.39. The lowest BCUT2D eigenvalue weighted by molar-refractivity contribution is -0.684. The molecule has 0 fully saturated rings. The molecule has 0 spiro atoms. The van der Waals surface area contributed by atoms with Gasteiger partial charge < -0.3 is 0 Å². The lowest BCUT2D eigenvalue weighted by Gasteiger charge is -2.12. The van der Waals surface area contributed by atoms with Crippen LogP contribution in [-0.4, -0.2) is 26.8 Å². The SMILES string of the molecule is CCCCn1c[n+](CC(=O)c2ccc([N+](=O)[O-])cc2)c2c1C(=O)c1ccccc1C2=O. The molecule has 0 N–H and O–H groups in total. The number of aryl methyl sites for hydroxylation is 1. The van der Waals surface area contributed by atoms with Gasteiger partial charge in [-0.05, 0) is 18.6 Å². The number of ketones is 3. The molecule has 2 aromatic carbocycles. The van der Waals surface area contributed by atoms with Crippen LogP contribution in [0.5, 0.6) is 0 Å². The summed E-state index contributed by atoms with van der Waals surface area (Å²) in [5.74, 6) is -0.839. The highest BCUT2D eigenvalue weighted by Gasteiger charge is 2.41. The largest absolute Gasteiger partial charge is 0.290 e. The second-order valence-electron chi connectivity index (χ2n) is 7.42. The summed E-state index contributed by atoms with van der Waals surface area (Å²) >= 11 is 0. The van der Waals surface area contributed by atoms with Gasteiger partial charge in [0, 0.05) is 28.8 Å². The summed E-state index contributed by atoms with van der Waals surface area (Å²) in [6.45, 7) is 2.43. The third kappa shape index (κ3) is 3.56. The maximum Gasteiger partial charge on any atom is 0.269 e. The number of rotatable bonds is 7. The van der Waals surface area contributed by atoms with Gasteiger partial charge in [-0.25, -0.2) is 9.13 Å². The Hall–Kier alpha value is -3.94. The molecule has 1 aromatic heterocycles. The van der Waals surface area contributed by atoms with E-state index >= 15 is 0 Å². The minimum atomic E-state index is -0.533. The van der Waals surface area contributed by atoms with Crippen LogP contribution in [0.4, 0.5) is 5.69 Å². The van der Waals surface area contributed by atoms with Crippen LogP contribution in [0.3, 0.4) is 0 Å². The lowest BCUT2D eigenvalue weighted by atomic mass is 9.90. The fourth-order valence-corrected chi connectivity index (χ4v) is 3.80. The van der Waals surface area contributed by atoms with E-state index in [1.807, 2.05) is 6.92 Å². The Morgan fingerprint density at radius 2 is 1.68 bits per heavy atom. The van der Waals surface area contributed by atoms with E-state index in [1.165, 1.54) is 28.8 Å². The average molecular weight is 418 g/mol. The highest BCUT2D eigenvalue weighted by molar-refractivity contribution is 6.26. The first-order valence-electron chi connectivity index (χ1n) is 10.0. The average Bonchev–Trinajstić information content (AvgIpc) is 3.14. The lowest BCUT2D eigenvalue weighted by Crippen LogP contribution is -2.43. The van der Waals surface area contributed by atoms with Crippen molar-refractivity contribution in [3.63, 3.8) is 0 Å². The molecule has 0 amide bonds. The van der Waals surface area contributed by atoms with Gasteiger partial charge in [0.2, 0.25) is 35.1 Å². The standard InChI is InChI=1S/C23H20N3O5/c1-2-3-12-24-14-25(13-19(27)15-8-10-16(11-9-15)26(30)31)21-20(24)22(28)17-6-4-5-7-18(17)23(21)29/h4-11,14H,2-3,12-13H2,1H3/q+1. The first-order valence-corrected chi connectivity index (χ1v) is 10.0. The number of aromatic nitrogens is 2. The third-order valence-electron chi connectivity index (χ3n) is 5.39. The summed E-state index contributed by atoms with van der Waals surface area (Å²) in [5.41, 5.74) is 1.38. The zero-order valence-corrected chi connectivity index (χ0v) is 16.9. The molecule has 1 aliphatic carbocycles. The quantitative estimate of drug-likeness (QED) is 0.199. The molecule has 0 unspecified atom stereocenters. The minimum Gasteiger partial charge on any atom is -0.290 e. The van der Waals surface area contributed by atoms with Crippen molar-refractivity contribution in [3.05, 3.63) is 93.1 Å². The number of carbonyl (C=O) groups excluding carboxylic acids is 3. The van der Waals surface area contributed by atoms with E-state index in [0.717, 1.165) is 12.8 Å². The van der Waals surface area contributed by atoms with Crippen LogP contribution in [0.2, 0.25) is 0 Å². The number of unbranched alkanes of at least 4 members (excludes halogenated alkanes) is 1. The van der Waals surface area contributed by atoms with E-state index < -0.39 is 4.92 Å². The molecule has 4 rings (SSSR count). The van der Waals surface area contributed by atoms with Crippen molar-refractivity contribution in [1.82, 2.24) is 4.57 Å². The molecule has 8 nitrogen and oxygen atoms in total. The molecule has 31 heavy (non-hydrogen) atoms. The van der Waals surface area contributed by atoms with E-state index in [0.29, 0.717) is 28.9 Å². The highest BCUT2D eigenvalue weighted by Crippen LogP contribution is 2.26. The predicted molar refractivity (Wildman–Crippen MR) is 110 cm³/mol. The number of imidazole rings is 1. The van der Waals surface area contributed by atoms with Crippen LogP contribution in [-0.2, 0) is 13.1 Å². The first kappa shape index (κ1) is 20.3. The van der Waals surface area contributed by atoms with E-state index in [-0.39, 0.29) is 35.3 Å². The van der Waals surface area contributed by atoms with Gasteiger partial charge in [-0.3, -0.25) is 24.5 Å². The van der Waals surface area contributed by atoms with Crippen LogP contribution in [0.1, 0.15) is 62.2 Å². The zero-order valence-electron chi connectivity index (χ0n) is 16.9. The Bertz CT molecular complexity index is 1220. The van der Waals surface area contributed by atoms with Crippen LogP contribution in [0.15, 0.2) is 54.9 Å². The monoisotopic (exact) mass is 418 g/mol. The van der Waals surface area contributed by atoms with Crippen LogP contribution >= 0.6 is 0 Å². The van der Waals surface area contributed by atoms with Crippen LogP contribution < -0.4 is 4.57 Å². The van der Waals surface area contributed by atoms with E-state index in [9.17, 15) is 24.5 Å². The second-order valence-corrected chi connectivity index (χ2v) is 7.42. The molecule has 0 saturated carbocycles. The van der Waals surface area contributed by atoms with Gasteiger partial charge in [-0.15, -0.1) is 0 Å². The number of nitrogens with zero attached hydrogens (tertiary/aromatic N) is 3. The Kier molecular flexibility index (Phi) is 5.29. The van der Waals surface area contributed by atoms with Crippen molar-refractivity contribution in [1.29, 1.82) is 0 Å². The normalized spacial score (nSPS) is 12.4. The van der Waals surface area contributed by atoms with Crippen molar-refractivity contribution in [2.75, 3.05) is 0 Å². The molecule has 0 aliphatic heterocycles. The maximum atomic E-state index is 13.2. The van der Waals surface area contributed by atoms with Crippen molar-refractivity contribution in [2.45, 2.75) is 32.9 Å². The van der Waals surface area contributed by atoms with Gasteiger partial charge in [0.05, 0.1) is 11.5 Å². The van der Waals surface area contributed by atoms with Crippen molar-refractivity contribution in [2.24, 2.45) is 0 Å². The fourth-order valence-electron chi connectivity index (χ4n) is 3.80. The summed E-state index contributed by atoms with van der Waals surface area (Å²) in [4.78, 5) is 49.5. The molecule has 0 atom stereocenters. The van der Waals surface area contributed by atoms with Gasteiger partial charge in [0.25, 0.3) is 5.69 Å².